The summed E-state index contributed by atoms with van der Waals surface area (Å²) in [5.41, 5.74) is 2.58. The number of aliphatic hydroxyl groups is 1. The lowest BCUT2D eigenvalue weighted by molar-refractivity contribution is -0.0311. The van der Waals surface area contributed by atoms with Crippen molar-refractivity contribution < 1.29 is 24.5 Å². The monoisotopic (exact) mass is 696 g/mol. The number of fused-ring (bicyclic) bond motifs is 4. The van der Waals surface area contributed by atoms with Gasteiger partial charge in [0.25, 0.3) is 0 Å². The third-order valence-electron chi connectivity index (χ3n) is 10.3. The number of rotatable bonds is 18. The van der Waals surface area contributed by atoms with Crippen LogP contribution in [0.5, 0.6) is 11.5 Å². The molecule has 2 bridgehead atoms. The summed E-state index contributed by atoms with van der Waals surface area (Å²) >= 11 is 0. The number of carbonyl (C=O) groups is 1. The second kappa shape index (κ2) is 18.2. The highest BCUT2D eigenvalue weighted by Gasteiger charge is 2.37. The van der Waals surface area contributed by atoms with Gasteiger partial charge >= 0.3 is 6.09 Å². The Kier molecular flexibility index (Phi) is 13.0. The Morgan fingerprint density at radius 1 is 0.902 bits per heavy atom. The third-order valence-corrected chi connectivity index (χ3v) is 10.3. The Labute approximate surface area is 300 Å². The van der Waals surface area contributed by atoms with E-state index in [1.54, 1.807) is 17.0 Å². The fourth-order valence-electron chi connectivity index (χ4n) is 7.31. The van der Waals surface area contributed by atoms with Crippen LogP contribution in [0.2, 0.25) is 0 Å². The summed E-state index contributed by atoms with van der Waals surface area (Å²) in [5.74, 6) is 1.25. The highest BCUT2D eigenvalue weighted by atomic mass is 16.6. The van der Waals surface area contributed by atoms with Crippen LogP contribution in [0.25, 0.3) is 10.9 Å². The van der Waals surface area contributed by atoms with Crippen molar-refractivity contribution in [2.75, 3.05) is 44.2 Å². The molecular weight excluding hydrogens is 644 g/mol. The number of benzene rings is 3. The van der Waals surface area contributed by atoms with Crippen LogP contribution in [0.3, 0.4) is 0 Å². The standard InChI is InChI=1S/C41H52N4O6/c46-36-19-17-34(35-18-20-39(48)43-40(35)36)37(47)27-42-23-9-4-2-1-3-5-10-26-50-33-15-13-32(14-16-33)45(28-30-11-7-6-8-12-30)41(49)51-38-29-44-24-21-31(38)22-25-44/h6-8,11-20,31,37-38,42,46-47H,1-5,9-10,21-29H2,(H,43,48)/t37-,38-/m0/s1. The average molecular weight is 697 g/mol. The SMILES string of the molecule is O=C(O[C@H]1CN2CCC1CC2)N(Cc1ccccc1)c1ccc(OCCCCCCCCCNC[C@H](O)c2ccc(O)c3[nH]c(=O)ccc23)cc1. The molecule has 10 nitrogen and oxygen atoms in total. The molecule has 4 aromatic rings. The van der Waals surface area contributed by atoms with E-state index in [-0.39, 0.29) is 23.5 Å². The lowest BCUT2D eigenvalue weighted by Crippen LogP contribution is -2.53. The first-order chi connectivity index (χ1) is 24.9. The molecule has 3 saturated heterocycles. The number of amides is 1. The Morgan fingerprint density at radius 2 is 1.63 bits per heavy atom. The first-order valence-electron chi connectivity index (χ1n) is 18.7. The van der Waals surface area contributed by atoms with Gasteiger partial charge in [-0.1, -0.05) is 68.5 Å². The van der Waals surface area contributed by atoms with Crippen LogP contribution in [0.4, 0.5) is 10.5 Å². The summed E-state index contributed by atoms with van der Waals surface area (Å²) in [6.07, 6.45) is 8.92. The number of pyridine rings is 1. The number of aromatic amines is 1. The predicted octanol–water partition coefficient (Wildman–Crippen LogP) is 6.90. The van der Waals surface area contributed by atoms with Gasteiger partial charge in [0.05, 0.1) is 24.8 Å². The molecule has 2 atom stereocenters. The van der Waals surface area contributed by atoms with Crippen molar-refractivity contribution >= 4 is 22.7 Å². The van der Waals surface area contributed by atoms with E-state index in [9.17, 15) is 19.8 Å². The first kappa shape index (κ1) is 36.4. The molecule has 0 radical (unpaired) electrons. The number of aliphatic hydroxyl groups excluding tert-OH is 1. The Balaban J connectivity index is 0.849. The summed E-state index contributed by atoms with van der Waals surface area (Å²) in [5, 5.41) is 24.7. The van der Waals surface area contributed by atoms with E-state index in [0.29, 0.717) is 42.1 Å². The number of unbranched alkanes of at least 4 members (excludes halogenated alkanes) is 6. The largest absolute Gasteiger partial charge is 0.506 e. The number of phenolic OH excluding ortho intramolecular Hbond substituents is 1. The third kappa shape index (κ3) is 10.1. The molecule has 3 aliphatic rings. The van der Waals surface area contributed by atoms with Crippen molar-refractivity contribution in [1.29, 1.82) is 0 Å². The molecule has 4 heterocycles. The van der Waals surface area contributed by atoms with Crippen molar-refractivity contribution in [2.24, 2.45) is 5.92 Å². The maximum absolute atomic E-state index is 13.5. The summed E-state index contributed by atoms with van der Waals surface area (Å²) in [6, 6.07) is 24.1. The number of nitrogens with zero attached hydrogens (tertiary/aromatic N) is 2. The average Bonchev–Trinajstić information content (AvgIpc) is 3.15. The van der Waals surface area contributed by atoms with E-state index < -0.39 is 6.10 Å². The second-order valence-corrected chi connectivity index (χ2v) is 14.0. The van der Waals surface area contributed by atoms with Gasteiger partial charge in [0.1, 0.15) is 17.6 Å². The van der Waals surface area contributed by atoms with Crippen molar-refractivity contribution in [3.05, 3.63) is 100 Å². The summed E-state index contributed by atoms with van der Waals surface area (Å²) in [6.45, 7) is 5.38. The van der Waals surface area contributed by atoms with Crippen LogP contribution in [-0.2, 0) is 11.3 Å². The molecule has 1 amide bonds. The minimum absolute atomic E-state index is 0.00794. The maximum Gasteiger partial charge on any atom is 0.414 e. The van der Waals surface area contributed by atoms with Gasteiger partial charge in [-0.05, 0) is 98.8 Å². The van der Waals surface area contributed by atoms with Gasteiger partial charge in [-0.15, -0.1) is 0 Å². The zero-order valence-corrected chi connectivity index (χ0v) is 29.5. The number of aromatic nitrogens is 1. The number of hydrogen-bond donors (Lipinski definition) is 4. The second-order valence-electron chi connectivity index (χ2n) is 14.0. The predicted molar refractivity (Wildman–Crippen MR) is 200 cm³/mol. The van der Waals surface area contributed by atoms with Crippen LogP contribution in [0.1, 0.15) is 75.0 Å². The molecule has 7 rings (SSSR count). The number of piperidine rings is 3. The zero-order chi connectivity index (χ0) is 35.4. The molecule has 0 unspecified atom stereocenters. The van der Waals surface area contributed by atoms with E-state index in [1.807, 2.05) is 54.6 Å². The minimum atomic E-state index is -0.739. The highest BCUT2D eigenvalue weighted by Crippen LogP contribution is 2.31. The summed E-state index contributed by atoms with van der Waals surface area (Å²) < 4.78 is 12.2. The van der Waals surface area contributed by atoms with E-state index in [0.717, 1.165) is 81.7 Å². The van der Waals surface area contributed by atoms with E-state index in [4.69, 9.17) is 9.47 Å². The Bertz CT molecular complexity index is 1740. The number of hydrogen-bond acceptors (Lipinski definition) is 8. The number of aromatic hydroxyl groups is 1. The molecule has 51 heavy (non-hydrogen) atoms. The molecule has 10 heteroatoms. The van der Waals surface area contributed by atoms with E-state index in [1.165, 1.54) is 31.4 Å². The van der Waals surface area contributed by atoms with Crippen LogP contribution in [-0.4, -0.2) is 71.6 Å². The molecule has 3 fully saturated rings. The van der Waals surface area contributed by atoms with E-state index in [2.05, 4.69) is 15.2 Å². The lowest BCUT2D eigenvalue weighted by atomic mass is 9.86. The molecule has 1 aromatic heterocycles. The van der Waals surface area contributed by atoms with Gasteiger partial charge in [-0.3, -0.25) is 14.6 Å². The van der Waals surface area contributed by atoms with Crippen LogP contribution < -0.4 is 20.5 Å². The molecule has 3 aliphatic heterocycles. The van der Waals surface area contributed by atoms with Crippen LogP contribution in [0, 0.1) is 5.92 Å². The molecule has 0 saturated carbocycles. The topological polar surface area (TPSA) is 127 Å². The number of phenols is 1. The lowest BCUT2D eigenvalue weighted by Gasteiger charge is -2.44. The van der Waals surface area contributed by atoms with Gasteiger partial charge in [0.2, 0.25) is 5.56 Å². The van der Waals surface area contributed by atoms with Crippen molar-refractivity contribution in [1.82, 2.24) is 15.2 Å². The maximum atomic E-state index is 13.5. The number of nitrogens with one attached hydrogen (secondary N) is 2. The zero-order valence-electron chi connectivity index (χ0n) is 29.5. The number of carbonyl (C=O) groups excluding carboxylic acids is 1. The van der Waals surface area contributed by atoms with E-state index >= 15 is 0 Å². The van der Waals surface area contributed by atoms with Crippen molar-refractivity contribution in [3.63, 3.8) is 0 Å². The molecule has 0 spiro atoms. The fourth-order valence-corrected chi connectivity index (χ4v) is 7.31. The van der Waals surface area contributed by atoms with Gasteiger partial charge < -0.3 is 30.0 Å². The van der Waals surface area contributed by atoms with Gasteiger partial charge in [-0.25, -0.2) is 4.79 Å². The molecule has 272 valence electrons. The number of ether oxygens (including phenoxy) is 2. The quantitative estimate of drug-likeness (QED) is 0.0828. The Morgan fingerprint density at radius 3 is 2.35 bits per heavy atom. The van der Waals surface area contributed by atoms with Gasteiger partial charge in [0.15, 0.2) is 0 Å². The normalized spacial score (nSPS) is 18.8. The van der Waals surface area contributed by atoms with Gasteiger partial charge in [0, 0.05) is 30.2 Å². The first-order valence-corrected chi connectivity index (χ1v) is 18.7. The number of anilines is 1. The van der Waals surface area contributed by atoms with Crippen molar-refractivity contribution in [3.8, 4) is 11.5 Å². The Hall–Kier alpha value is -4.38. The molecule has 3 aromatic carbocycles. The summed E-state index contributed by atoms with van der Waals surface area (Å²) in [7, 11) is 0. The minimum Gasteiger partial charge on any atom is -0.506 e. The molecule has 4 N–H and O–H groups in total. The summed E-state index contributed by atoms with van der Waals surface area (Å²) in [4.78, 5) is 31.9. The van der Waals surface area contributed by atoms with Crippen molar-refractivity contribution in [2.45, 2.75) is 76.5 Å². The number of H-pyrrole nitrogens is 1. The van der Waals surface area contributed by atoms with Crippen LogP contribution in [0.15, 0.2) is 83.7 Å². The highest BCUT2D eigenvalue weighted by molar-refractivity contribution is 5.88. The fraction of sp³-hybridized carbons (Fsp3) is 0.463. The smallest absolute Gasteiger partial charge is 0.414 e. The molecule has 0 aliphatic carbocycles. The van der Waals surface area contributed by atoms with Crippen LogP contribution >= 0.6 is 0 Å². The van der Waals surface area contributed by atoms with Gasteiger partial charge in [-0.2, -0.15) is 0 Å². The molecular formula is C41H52N4O6.